The van der Waals surface area contributed by atoms with Crippen molar-refractivity contribution in [2.24, 2.45) is 0 Å². The third-order valence-corrected chi connectivity index (χ3v) is 2.74. The number of anilines is 1. The normalized spacial score (nSPS) is 23.4. The van der Waals surface area contributed by atoms with Gasteiger partial charge in [0.1, 0.15) is 17.7 Å². The number of hydrogen-bond acceptors (Lipinski definition) is 4. The predicted octanol–water partition coefficient (Wildman–Crippen LogP) is 1.60. The Morgan fingerprint density at radius 2 is 2.41 bits per heavy atom. The number of methoxy groups -OCH3 is 1. The lowest BCUT2D eigenvalue weighted by atomic mass is 10.2. The van der Waals surface area contributed by atoms with Crippen LogP contribution in [0.3, 0.4) is 0 Å². The quantitative estimate of drug-likeness (QED) is 0.865. The molecular weight excluding hydrogens is 220 g/mol. The van der Waals surface area contributed by atoms with E-state index in [0.29, 0.717) is 11.6 Å². The van der Waals surface area contributed by atoms with Crippen LogP contribution in [-0.2, 0) is 9.53 Å². The summed E-state index contributed by atoms with van der Waals surface area (Å²) in [7, 11) is 1.57. The molecule has 2 atom stereocenters. The number of carbonyl (C=O) groups excluding carboxylic acids is 1. The second kappa shape index (κ2) is 5.14. The van der Waals surface area contributed by atoms with Crippen molar-refractivity contribution in [3.05, 3.63) is 18.3 Å². The number of carbonyl (C=O) groups is 1. The van der Waals surface area contributed by atoms with Crippen LogP contribution in [0.15, 0.2) is 18.3 Å². The molecule has 0 aliphatic carbocycles. The molecule has 0 radical (unpaired) electrons. The molecule has 1 saturated heterocycles. The second-order valence-corrected chi connectivity index (χ2v) is 4.08. The van der Waals surface area contributed by atoms with Crippen LogP contribution in [-0.4, -0.2) is 30.2 Å². The van der Waals surface area contributed by atoms with Gasteiger partial charge in [-0.3, -0.25) is 4.79 Å². The summed E-state index contributed by atoms with van der Waals surface area (Å²) in [5.74, 6) is 1.00. The fourth-order valence-electron chi connectivity index (χ4n) is 1.81. The van der Waals surface area contributed by atoms with Crippen molar-refractivity contribution in [2.75, 3.05) is 12.4 Å². The first-order chi connectivity index (χ1) is 8.19. The maximum Gasteiger partial charge on any atom is 0.254 e. The SMILES string of the molecule is COc1ccnc(NC(=O)C2CCC(C)O2)c1. The Hall–Kier alpha value is -1.62. The summed E-state index contributed by atoms with van der Waals surface area (Å²) in [6, 6.07) is 3.40. The van der Waals surface area contributed by atoms with Gasteiger partial charge in [-0.05, 0) is 25.8 Å². The molecule has 1 aromatic heterocycles. The van der Waals surface area contributed by atoms with Crippen molar-refractivity contribution < 1.29 is 14.3 Å². The molecular formula is C12H16N2O3. The topological polar surface area (TPSA) is 60.5 Å². The molecule has 0 aromatic carbocycles. The third kappa shape index (κ3) is 2.94. The standard InChI is InChI=1S/C12H16N2O3/c1-8-3-4-10(17-8)12(15)14-11-7-9(16-2)5-6-13-11/h5-8,10H,3-4H2,1-2H3,(H,13,14,15). The number of rotatable bonds is 3. The summed E-state index contributed by atoms with van der Waals surface area (Å²) in [5, 5.41) is 2.72. The molecule has 5 heteroatoms. The van der Waals surface area contributed by atoms with Crippen molar-refractivity contribution in [1.82, 2.24) is 4.98 Å². The van der Waals surface area contributed by atoms with Gasteiger partial charge in [-0.15, -0.1) is 0 Å². The fraction of sp³-hybridized carbons (Fsp3) is 0.500. The molecule has 17 heavy (non-hydrogen) atoms. The molecule has 2 heterocycles. The van der Waals surface area contributed by atoms with Gasteiger partial charge in [0, 0.05) is 12.3 Å². The van der Waals surface area contributed by atoms with Gasteiger partial charge in [0.15, 0.2) is 0 Å². The van der Waals surface area contributed by atoms with E-state index in [1.807, 2.05) is 6.92 Å². The number of nitrogens with zero attached hydrogens (tertiary/aromatic N) is 1. The Kier molecular flexibility index (Phi) is 3.58. The molecule has 1 aliphatic heterocycles. The lowest BCUT2D eigenvalue weighted by Gasteiger charge is -2.11. The van der Waals surface area contributed by atoms with Crippen LogP contribution in [0.5, 0.6) is 5.75 Å². The van der Waals surface area contributed by atoms with E-state index in [1.54, 1.807) is 25.4 Å². The monoisotopic (exact) mass is 236 g/mol. The molecule has 0 bridgehead atoms. The fourth-order valence-corrected chi connectivity index (χ4v) is 1.81. The van der Waals surface area contributed by atoms with Gasteiger partial charge in [-0.2, -0.15) is 0 Å². The summed E-state index contributed by atoms with van der Waals surface area (Å²) >= 11 is 0. The van der Waals surface area contributed by atoms with E-state index in [9.17, 15) is 4.79 Å². The first-order valence-corrected chi connectivity index (χ1v) is 5.65. The Morgan fingerprint density at radius 3 is 3.06 bits per heavy atom. The van der Waals surface area contributed by atoms with E-state index in [2.05, 4.69) is 10.3 Å². The van der Waals surface area contributed by atoms with Crippen LogP contribution in [0.4, 0.5) is 5.82 Å². The summed E-state index contributed by atoms with van der Waals surface area (Å²) < 4.78 is 10.5. The first kappa shape index (κ1) is 11.9. The van der Waals surface area contributed by atoms with Crippen molar-refractivity contribution in [2.45, 2.75) is 32.0 Å². The highest BCUT2D eigenvalue weighted by atomic mass is 16.5. The highest BCUT2D eigenvalue weighted by Gasteiger charge is 2.28. The van der Waals surface area contributed by atoms with Gasteiger partial charge in [0.2, 0.25) is 0 Å². The molecule has 0 saturated carbocycles. The van der Waals surface area contributed by atoms with E-state index < -0.39 is 0 Å². The van der Waals surface area contributed by atoms with Crippen LogP contribution in [0.25, 0.3) is 0 Å². The minimum absolute atomic E-state index is 0.143. The molecule has 2 unspecified atom stereocenters. The van der Waals surface area contributed by atoms with Crippen molar-refractivity contribution in [3.8, 4) is 5.75 Å². The van der Waals surface area contributed by atoms with E-state index in [4.69, 9.17) is 9.47 Å². The number of hydrogen-bond donors (Lipinski definition) is 1. The van der Waals surface area contributed by atoms with Crippen molar-refractivity contribution in [1.29, 1.82) is 0 Å². The largest absolute Gasteiger partial charge is 0.497 e. The highest BCUT2D eigenvalue weighted by molar-refractivity contribution is 5.93. The minimum atomic E-state index is -0.363. The maximum atomic E-state index is 11.8. The van der Waals surface area contributed by atoms with Gasteiger partial charge < -0.3 is 14.8 Å². The number of pyridine rings is 1. The summed E-state index contributed by atoms with van der Waals surface area (Å²) in [6.45, 7) is 1.97. The third-order valence-electron chi connectivity index (χ3n) is 2.74. The van der Waals surface area contributed by atoms with Gasteiger partial charge in [0.25, 0.3) is 5.91 Å². The molecule has 5 nitrogen and oxygen atoms in total. The summed E-state index contributed by atoms with van der Waals surface area (Å²) in [6.07, 6.45) is 3.06. The molecule has 0 spiro atoms. The van der Waals surface area contributed by atoms with Gasteiger partial charge in [-0.1, -0.05) is 0 Å². The Balaban J connectivity index is 1.98. The van der Waals surface area contributed by atoms with E-state index in [-0.39, 0.29) is 18.1 Å². The number of nitrogens with one attached hydrogen (secondary N) is 1. The van der Waals surface area contributed by atoms with Gasteiger partial charge in [0.05, 0.1) is 13.2 Å². The number of ether oxygens (including phenoxy) is 2. The lowest BCUT2D eigenvalue weighted by Crippen LogP contribution is -2.28. The zero-order chi connectivity index (χ0) is 12.3. The zero-order valence-corrected chi connectivity index (χ0v) is 9.97. The van der Waals surface area contributed by atoms with Crippen LogP contribution in [0.1, 0.15) is 19.8 Å². The number of aromatic nitrogens is 1. The molecule has 1 amide bonds. The molecule has 1 aliphatic rings. The van der Waals surface area contributed by atoms with Crippen LogP contribution >= 0.6 is 0 Å². The molecule has 2 rings (SSSR count). The van der Waals surface area contributed by atoms with Gasteiger partial charge >= 0.3 is 0 Å². The molecule has 1 aromatic rings. The first-order valence-electron chi connectivity index (χ1n) is 5.65. The predicted molar refractivity (Wildman–Crippen MR) is 63.0 cm³/mol. The average Bonchev–Trinajstić information content (AvgIpc) is 2.76. The van der Waals surface area contributed by atoms with Crippen LogP contribution in [0, 0.1) is 0 Å². The Bertz CT molecular complexity index is 408. The van der Waals surface area contributed by atoms with Gasteiger partial charge in [-0.25, -0.2) is 4.98 Å². The van der Waals surface area contributed by atoms with Crippen LogP contribution in [0.2, 0.25) is 0 Å². The number of amides is 1. The van der Waals surface area contributed by atoms with E-state index >= 15 is 0 Å². The lowest BCUT2D eigenvalue weighted by molar-refractivity contribution is -0.126. The van der Waals surface area contributed by atoms with E-state index in [0.717, 1.165) is 12.8 Å². The van der Waals surface area contributed by atoms with Crippen LogP contribution < -0.4 is 10.1 Å². The second-order valence-electron chi connectivity index (χ2n) is 4.08. The zero-order valence-electron chi connectivity index (χ0n) is 9.97. The summed E-state index contributed by atoms with van der Waals surface area (Å²) in [4.78, 5) is 15.9. The van der Waals surface area contributed by atoms with Crippen molar-refractivity contribution >= 4 is 11.7 Å². The minimum Gasteiger partial charge on any atom is -0.497 e. The van der Waals surface area contributed by atoms with Crippen molar-refractivity contribution in [3.63, 3.8) is 0 Å². The molecule has 1 fully saturated rings. The summed E-state index contributed by atoms with van der Waals surface area (Å²) in [5.41, 5.74) is 0. The maximum absolute atomic E-state index is 11.8. The van der Waals surface area contributed by atoms with E-state index in [1.165, 1.54) is 0 Å². The smallest absolute Gasteiger partial charge is 0.254 e. The Labute approximate surface area is 100 Å². The Morgan fingerprint density at radius 1 is 1.59 bits per heavy atom. The highest BCUT2D eigenvalue weighted by Crippen LogP contribution is 2.21. The molecule has 92 valence electrons. The molecule has 1 N–H and O–H groups in total. The average molecular weight is 236 g/mol.